The lowest BCUT2D eigenvalue weighted by Gasteiger charge is -2.37. The van der Waals surface area contributed by atoms with Crippen LogP contribution in [0.2, 0.25) is 5.02 Å². The number of amides is 2. The molecule has 0 saturated heterocycles. The summed E-state index contributed by atoms with van der Waals surface area (Å²) in [5, 5.41) is 2.71. The molecule has 7 heteroatoms. The Morgan fingerprint density at radius 2 is 1.88 bits per heavy atom. The summed E-state index contributed by atoms with van der Waals surface area (Å²) < 4.78 is 6.05. The Morgan fingerprint density at radius 3 is 2.61 bits per heavy atom. The third-order valence-electron chi connectivity index (χ3n) is 5.76. The van der Waals surface area contributed by atoms with Crippen LogP contribution in [0.5, 0.6) is 5.75 Å². The molecule has 0 saturated carbocycles. The molecule has 0 spiro atoms. The zero-order valence-corrected chi connectivity index (χ0v) is 20.1. The first kappa shape index (κ1) is 23.3. The number of rotatable bonds is 8. The molecule has 0 radical (unpaired) electrons. The molecule has 2 aromatic carbocycles. The molecule has 172 valence electrons. The fourth-order valence-corrected chi connectivity index (χ4v) is 5.17. The molecular formula is C26H27ClN2O3S. The Morgan fingerprint density at radius 1 is 1.12 bits per heavy atom. The van der Waals surface area contributed by atoms with E-state index in [1.165, 1.54) is 4.88 Å². The molecule has 0 N–H and O–H groups in total. The smallest absolute Gasteiger partial charge is 0.254 e. The second-order valence-corrected chi connectivity index (χ2v) is 9.45. The molecule has 0 bridgehead atoms. The first-order valence-electron chi connectivity index (χ1n) is 11.1. The Hall–Kier alpha value is -2.83. The highest BCUT2D eigenvalue weighted by Crippen LogP contribution is 2.34. The normalized spacial score (nSPS) is 15.1. The minimum atomic E-state index is -0.196. The van der Waals surface area contributed by atoms with Gasteiger partial charge in [0.25, 0.3) is 5.91 Å². The second-order valence-electron chi connectivity index (χ2n) is 8.01. The van der Waals surface area contributed by atoms with Gasteiger partial charge in [0, 0.05) is 28.6 Å². The highest BCUT2D eigenvalue weighted by atomic mass is 35.5. The van der Waals surface area contributed by atoms with Crippen molar-refractivity contribution in [1.82, 2.24) is 9.80 Å². The van der Waals surface area contributed by atoms with Crippen LogP contribution in [0, 0.1) is 0 Å². The van der Waals surface area contributed by atoms with Crippen LogP contribution in [-0.2, 0) is 11.2 Å². The van der Waals surface area contributed by atoms with Crippen LogP contribution < -0.4 is 4.74 Å². The molecule has 1 aliphatic heterocycles. The highest BCUT2D eigenvalue weighted by molar-refractivity contribution is 7.10. The van der Waals surface area contributed by atoms with E-state index in [2.05, 4.69) is 11.4 Å². The molecule has 1 aromatic heterocycles. The van der Waals surface area contributed by atoms with Crippen molar-refractivity contribution in [2.75, 3.05) is 26.2 Å². The zero-order chi connectivity index (χ0) is 23.2. The van der Waals surface area contributed by atoms with Crippen molar-refractivity contribution in [2.24, 2.45) is 0 Å². The average Bonchev–Trinajstić information content (AvgIpc) is 3.32. The van der Waals surface area contributed by atoms with Crippen LogP contribution in [0.25, 0.3) is 0 Å². The molecule has 5 nitrogen and oxygen atoms in total. The molecule has 2 heterocycles. The number of benzene rings is 2. The van der Waals surface area contributed by atoms with Gasteiger partial charge in [0.2, 0.25) is 5.91 Å². The number of fused-ring (bicyclic) bond motifs is 1. The van der Waals surface area contributed by atoms with Crippen molar-refractivity contribution in [2.45, 2.75) is 25.8 Å². The van der Waals surface area contributed by atoms with Gasteiger partial charge < -0.3 is 14.5 Å². The van der Waals surface area contributed by atoms with E-state index < -0.39 is 0 Å². The fourth-order valence-electron chi connectivity index (χ4n) is 4.12. The van der Waals surface area contributed by atoms with Crippen LogP contribution in [-0.4, -0.2) is 47.9 Å². The van der Waals surface area contributed by atoms with Gasteiger partial charge in [0.15, 0.2) is 0 Å². The summed E-state index contributed by atoms with van der Waals surface area (Å²) in [5.74, 6) is 0.531. The van der Waals surface area contributed by atoms with Crippen molar-refractivity contribution < 1.29 is 14.3 Å². The quantitative estimate of drug-likeness (QED) is 0.428. The largest absolute Gasteiger partial charge is 0.491 e. The second kappa shape index (κ2) is 10.9. The number of hydrogen-bond acceptors (Lipinski definition) is 4. The van der Waals surface area contributed by atoms with E-state index in [0.717, 1.165) is 18.4 Å². The first-order chi connectivity index (χ1) is 16.1. The van der Waals surface area contributed by atoms with Gasteiger partial charge in [-0.05, 0) is 66.2 Å². The first-order valence-corrected chi connectivity index (χ1v) is 12.4. The Kier molecular flexibility index (Phi) is 7.68. The molecule has 1 atom stereocenters. The third-order valence-corrected chi connectivity index (χ3v) is 7.01. The van der Waals surface area contributed by atoms with Gasteiger partial charge in [-0.3, -0.25) is 9.59 Å². The van der Waals surface area contributed by atoms with Crippen LogP contribution in [0.3, 0.4) is 0 Å². The van der Waals surface area contributed by atoms with E-state index in [1.54, 1.807) is 40.5 Å². The zero-order valence-electron chi connectivity index (χ0n) is 18.6. The SMILES string of the molecule is CCCN(CC(=O)N1CCc2sccc2[C@H]1COc1ccc(Cl)cc1)C(=O)c1ccccc1. The number of carbonyl (C=O) groups excluding carboxylic acids is 2. The van der Waals surface area contributed by atoms with Crippen LogP contribution in [0.1, 0.15) is 40.2 Å². The molecule has 3 aromatic rings. The van der Waals surface area contributed by atoms with Gasteiger partial charge in [-0.25, -0.2) is 0 Å². The number of halogens is 1. The number of nitrogens with zero attached hydrogens (tertiary/aromatic N) is 2. The molecule has 1 aliphatic rings. The molecule has 33 heavy (non-hydrogen) atoms. The number of thiophene rings is 1. The Bertz CT molecular complexity index is 1080. The predicted molar refractivity (Wildman–Crippen MR) is 132 cm³/mol. The Labute approximate surface area is 203 Å². The lowest BCUT2D eigenvalue weighted by molar-refractivity contribution is -0.135. The summed E-state index contributed by atoms with van der Waals surface area (Å²) in [5.41, 5.74) is 1.73. The summed E-state index contributed by atoms with van der Waals surface area (Å²) in [7, 11) is 0. The van der Waals surface area contributed by atoms with Gasteiger partial charge >= 0.3 is 0 Å². The van der Waals surface area contributed by atoms with Gasteiger partial charge in [-0.2, -0.15) is 0 Å². The van der Waals surface area contributed by atoms with Gasteiger partial charge in [0.1, 0.15) is 18.9 Å². The van der Waals surface area contributed by atoms with Gasteiger partial charge in [-0.1, -0.05) is 36.7 Å². The highest BCUT2D eigenvalue weighted by Gasteiger charge is 2.33. The molecule has 4 rings (SSSR count). The molecular weight excluding hydrogens is 456 g/mol. The number of hydrogen-bond donors (Lipinski definition) is 0. The predicted octanol–water partition coefficient (Wildman–Crippen LogP) is 5.46. The monoisotopic (exact) mass is 482 g/mol. The summed E-state index contributed by atoms with van der Waals surface area (Å²) in [4.78, 5) is 31.3. The molecule has 0 unspecified atom stereocenters. The standard InChI is InChI=1S/C26H27ClN2O3S/c1-2-14-28(26(31)19-6-4-3-5-7-19)17-25(30)29-15-12-24-22(13-16-33-24)23(29)18-32-21-10-8-20(27)9-11-21/h3-11,13,16,23H,2,12,14-15,17-18H2,1H3/t23-/m1/s1. The van der Waals surface area contributed by atoms with E-state index in [9.17, 15) is 9.59 Å². The van der Waals surface area contributed by atoms with Crippen molar-refractivity contribution >= 4 is 34.8 Å². The third kappa shape index (κ3) is 5.57. The van der Waals surface area contributed by atoms with E-state index in [0.29, 0.717) is 36.0 Å². The van der Waals surface area contributed by atoms with Crippen molar-refractivity contribution in [3.05, 3.63) is 87.1 Å². The van der Waals surface area contributed by atoms with E-state index in [-0.39, 0.29) is 24.4 Å². The maximum absolute atomic E-state index is 13.5. The van der Waals surface area contributed by atoms with Crippen molar-refractivity contribution in [3.8, 4) is 5.75 Å². The maximum atomic E-state index is 13.5. The van der Waals surface area contributed by atoms with Crippen LogP contribution >= 0.6 is 22.9 Å². The number of carbonyl (C=O) groups is 2. The molecule has 2 amide bonds. The van der Waals surface area contributed by atoms with Crippen LogP contribution in [0.4, 0.5) is 0 Å². The summed E-state index contributed by atoms with van der Waals surface area (Å²) in [6, 6.07) is 18.2. The minimum Gasteiger partial charge on any atom is -0.491 e. The topological polar surface area (TPSA) is 49.9 Å². The van der Waals surface area contributed by atoms with Crippen molar-refractivity contribution in [3.63, 3.8) is 0 Å². The van der Waals surface area contributed by atoms with E-state index in [1.807, 2.05) is 42.2 Å². The van der Waals surface area contributed by atoms with E-state index >= 15 is 0 Å². The van der Waals surface area contributed by atoms with Crippen LogP contribution in [0.15, 0.2) is 66.0 Å². The lowest BCUT2D eigenvalue weighted by Crippen LogP contribution is -2.48. The summed E-state index contributed by atoms with van der Waals surface area (Å²) in [6.07, 6.45) is 1.60. The molecule has 0 aliphatic carbocycles. The molecule has 0 fully saturated rings. The summed E-state index contributed by atoms with van der Waals surface area (Å²) >= 11 is 7.70. The van der Waals surface area contributed by atoms with Gasteiger partial charge in [0.05, 0.1) is 6.04 Å². The van der Waals surface area contributed by atoms with E-state index in [4.69, 9.17) is 16.3 Å². The average molecular weight is 483 g/mol. The Balaban J connectivity index is 1.51. The van der Waals surface area contributed by atoms with Crippen molar-refractivity contribution in [1.29, 1.82) is 0 Å². The summed E-state index contributed by atoms with van der Waals surface area (Å²) in [6.45, 7) is 3.55. The minimum absolute atomic E-state index is 0.0541. The van der Waals surface area contributed by atoms with Gasteiger partial charge in [-0.15, -0.1) is 11.3 Å². The number of ether oxygens (including phenoxy) is 1. The maximum Gasteiger partial charge on any atom is 0.254 e. The lowest BCUT2D eigenvalue weighted by atomic mass is 10.0. The fraction of sp³-hybridized carbons (Fsp3) is 0.308.